The Hall–Kier alpha value is -2.20. The van der Waals surface area contributed by atoms with Crippen LogP contribution in [-0.2, 0) is 11.2 Å². The molecule has 1 aliphatic heterocycles. The van der Waals surface area contributed by atoms with E-state index in [0.717, 1.165) is 35.5 Å². The summed E-state index contributed by atoms with van der Waals surface area (Å²) in [5.41, 5.74) is 3.34. The van der Waals surface area contributed by atoms with Gasteiger partial charge in [-0.05, 0) is 43.0 Å². The Bertz CT molecular complexity index is 853. The normalized spacial score (nSPS) is 17.5. The Morgan fingerprint density at radius 3 is 2.83 bits per heavy atom. The first-order chi connectivity index (χ1) is 11.7. The molecule has 1 aromatic heterocycles. The summed E-state index contributed by atoms with van der Waals surface area (Å²) in [6, 6.07) is 16.5. The summed E-state index contributed by atoms with van der Waals surface area (Å²) in [5.74, 6) is 0.214. The van der Waals surface area contributed by atoms with Gasteiger partial charge in [-0.15, -0.1) is 11.3 Å². The molecule has 3 aromatic rings. The number of benzene rings is 2. The van der Waals surface area contributed by atoms with Gasteiger partial charge in [0.15, 0.2) is 0 Å². The second kappa shape index (κ2) is 6.36. The van der Waals surface area contributed by atoms with E-state index in [2.05, 4.69) is 25.1 Å². The summed E-state index contributed by atoms with van der Waals surface area (Å²) in [7, 11) is 0. The van der Waals surface area contributed by atoms with Crippen molar-refractivity contribution >= 4 is 27.5 Å². The number of nitrogens with zero attached hydrogens (tertiary/aromatic N) is 2. The number of carbonyl (C=O) groups excluding carboxylic acids is 1. The highest BCUT2D eigenvalue weighted by atomic mass is 32.1. The first-order valence-electron chi connectivity index (χ1n) is 8.42. The molecule has 1 fully saturated rings. The van der Waals surface area contributed by atoms with Crippen LogP contribution in [0.4, 0.5) is 0 Å². The van der Waals surface area contributed by atoms with E-state index in [1.165, 1.54) is 10.3 Å². The van der Waals surface area contributed by atoms with Crippen LogP contribution in [0.15, 0.2) is 48.5 Å². The van der Waals surface area contributed by atoms with Gasteiger partial charge in [-0.25, -0.2) is 4.98 Å². The molecule has 0 radical (unpaired) electrons. The smallest absolute Gasteiger partial charge is 0.227 e. The molecule has 24 heavy (non-hydrogen) atoms. The van der Waals surface area contributed by atoms with Crippen molar-refractivity contribution in [3.8, 4) is 0 Å². The molecular formula is C20H20N2OS. The molecule has 3 nitrogen and oxygen atoms in total. The standard InChI is InChI=1S/C20H20N2OS/c1-14-7-2-3-8-15(14)13-19(23)22-12-6-10-17(22)20-21-16-9-4-5-11-18(16)24-20/h2-5,7-9,11,17H,6,10,12-13H2,1H3. The molecule has 4 heteroatoms. The molecule has 2 heterocycles. The Morgan fingerprint density at radius 1 is 1.21 bits per heavy atom. The summed E-state index contributed by atoms with van der Waals surface area (Å²) in [6.45, 7) is 2.91. The lowest BCUT2D eigenvalue weighted by Gasteiger charge is -2.23. The monoisotopic (exact) mass is 336 g/mol. The minimum Gasteiger partial charge on any atom is -0.333 e. The Balaban J connectivity index is 1.58. The highest BCUT2D eigenvalue weighted by molar-refractivity contribution is 7.18. The number of thiazole rings is 1. The lowest BCUT2D eigenvalue weighted by Crippen LogP contribution is -2.31. The fourth-order valence-electron chi connectivity index (χ4n) is 3.43. The Kier molecular flexibility index (Phi) is 4.07. The highest BCUT2D eigenvalue weighted by Crippen LogP contribution is 2.36. The first kappa shape index (κ1) is 15.3. The number of hydrogen-bond donors (Lipinski definition) is 0. The summed E-state index contributed by atoms with van der Waals surface area (Å²) in [6.07, 6.45) is 2.55. The van der Waals surface area contributed by atoms with Gasteiger partial charge in [0.1, 0.15) is 5.01 Å². The van der Waals surface area contributed by atoms with Crippen LogP contribution in [0.5, 0.6) is 0 Å². The molecule has 1 amide bonds. The number of rotatable bonds is 3. The van der Waals surface area contributed by atoms with E-state index >= 15 is 0 Å². The number of fused-ring (bicyclic) bond motifs is 1. The Morgan fingerprint density at radius 2 is 2.00 bits per heavy atom. The zero-order chi connectivity index (χ0) is 16.5. The number of likely N-dealkylation sites (tertiary alicyclic amines) is 1. The third kappa shape index (κ3) is 2.82. The van der Waals surface area contributed by atoms with Gasteiger partial charge in [-0.1, -0.05) is 36.4 Å². The molecule has 1 atom stereocenters. The molecule has 0 spiro atoms. The van der Waals surface area contributed by atoms with Crippen LogP contribution in [0.3, 0.4) is 0 Å². The molecular weight excluding hydrogens is 316 g/mol. The van der Waals surface area contributed by atoms with Gasteiger partial charge in [0, 0.05) is 6.54 Å². The number of para-hydroxylation sites is 1. The number of aromatic nitrogens is 1. The average Bonchev–Trinajstić information content (AvgIpc) is 3.23. The first-order valence-corrected chi connectivity index (χ1v) is 9.23. The van der Waals surface area contributed by atoms with E-state index in [9.17, 15) is 4.79 Å². The summed E-state index contributed by atoms with van der Waals surface area (Å²) in [4.78, 5) is 19.7. The van der Waals surface area contributed by atoms with Crippen LogP contribution >= 0.6 is 11.3 Å². The largest absolute Gasteiger partial charge is 0.333 e. The number of aryl methyl sites for hydroxylation is 1. The van der Waals surface area contributed by atoms with Gasteiger partial charge in [0.25, 0.3) is 0 Å². The van der Waals surface area contributed by atoms with E-state index in [1.807, 2.05) is 35.2 Å². The fourth-order valence-corrected chi connectivity index (χ4v) is 4.54. The van der Waals surface area contributed by atoms with Crippen molar-refractivity contribution in [1.29, 1.82) is 0 Å². The number of hydrogen-bond acceptors (Lipinski definition) is 3. The molecule has 0 N–H and O–H groups in total. The van der Waals surface area contributed by atoms with Crippen LogP contribution in [-0.4, -0.2) is 22.3 Å². The minimum absolute atomic E-state index is 0.138. The second-order valence-corrected chi connectivity index (χ2v) is 7.43. The summed E-state index contributed by atoms with van der Waals surface area (Å²) >= 11 is 1.72. The quantitative estimate of drug-likeness (QED) is 0.705. The summed E-state index contributed by atoms with van der Waals surface area (Å²) in [5, 5.41) is 1.08. The van der Waals surface area contributed by atoms with Gasteiger partial charge < -0.3 is 4.90 Å². The molecule has 1 aliphatic rings. The van der Waals surface area contributed by atoms with Crippen molar-refractivity contribution in [3.63, 3.8) is 0 Å². The van der Waals surface area contributed by atoms with Gasteiger partial charge >= 0.3 is 0 Å². The van der Waals surface area contributed by atoms with E-state index in [-0.39, 0.29) is 11.9 Å². The topological polar surface area (TPSA) is 33.2 Å². The van der Waals surface area contributed by atoms with Crippen molar-refractivity contribution in [2.45, 2.75) is 32.2 Å². The molecule has 122 valence electrons. The Labute approximate surface area is 146 Å². The SMILES string of the molecule is Cc1ccccc1CC(=O)N1CCCC1c1nc2ccccc2s1. The van der Waals surface area contributed by atoms with Crippen molar-refractivity contribution in [3.05, 3.63) is 64.7 Å². The molecule has 1 unspecified atom stereocenters. The van der Waals surface area contributed by atoms with Crippen LogP contribution in [0, 0.1) is 6.92 Å². The predicted molar refractivity (Wildman–Crippen MR) is 98.2 cm³/mol. The summed E-state index contributed by atoms with van der Waals surface area (Å²) < 4.78 is 1.20. The van der Waals surface area contributed by atoms with Crippen molar-refractivity contribution in [2.75, 3.05) is 6.54 Å². The molecule has 1 saturated heterocycles. The fraction of sp³-hybridized carbons (Fsp3) is 0.300. The van der Waals surface area contributed by atoms with E-state index in [0.29, 0.717) is 6.42 Å². The zero-order valence-corrected chi connectivity index (χ0v) is 14.6. The van der Waals surface area contributed by atoms with Crippen LogP contribution in [0.25, 0.3) is 10.2 Å². The van der Waals surface area contributed by atoms with Crippen LogP contribution < -0.4 is 0 Å². The molecule has 4 rings (SSSR count). The molecule has 2 aromatic carbocycles. The number of amides is 1. The van der Waals surface area contributed by atoms with Crippen molar-refractivity contribution < 1.29 is 4.79 Å². The van der Waals surface area contributed by atoms with Crippen LogP contribution in [0.2, 0.25) is 0 Å². The van der Waals surface area contributed by atoms with Crippen molar-refractivity contribution in [1.82, 2.24) is 9.88 Å². The lowest BCUT2D eigenvalue weighted by atomic mass is 10.1. The lowest BCUT2D eigenvalue weighted by molar-refractivity contribution is -0.131. The predicted octanol–water partition coefficient (Wildman–Crippen LogP) is 4.51. The maximum Gasteiger partial charge on any atom is 0.227 e. The average molecular weight is 336 g/mol. The van der Waals surface area contributed by atoms with Gasteiger partial charge in [-0.2, -0.15) is 0 Å². The highest BCUT2D eigenvalue weighted by Gasteiger charge is 2.32. The molecule has 0 bridgehead atoms. The van der Waals surface area contributed by atoms with Gasteiger partial charge in [0.05, 0.1) is 22.7 Å². The minimum atomic E-state index is 0.138. The van der Waals surface area contributed by atoms with E-state index < -0.39 is 0 Å². The van der Waals surface area contributed by atoms with Crippen molar-refractivity contribution in [2.24, 2.45) is 0 Å². The third-order valence-corrected chi connectivity index (χ3v) is 5.91. The second-order valence-electron chi connectivity index (χ2n) is 6.37. The maximum absolute atomic E-state index is 12.9. The number of carbonyl (C=O) groups is 1. The van der Waals surface area contributed by atoms with Gasteiger partial charge in [0.2, 0.25) is 5.91 Å². The third-order valence-electron chi connectivity index (χ3n) is 4.77. The van der Waals surface area contributed by atoms with Gasteiger partial charge in [-0.3, -0.25) is 4.79 Å². The molecule has 0 saturated carbocycles. The van der Waals surface area contributed by atoms with Crippen LogP contribution in [0.1, 0.15) is 35.0 Å². The molecule has 0 aliphatic carbocycles. The van der Waals surface area contributed by atoms with E-state index in [1.54, 1.807) is 11.3 Å². The maximum atomic E-state index is 12.9. The zero-order valence-electron chi connectivity index (χ0n) is 13.7. The van der Waals surface area contributed by atoms with E-state index in [4.69, 9.17) is 4.98 Å².